The van der Waals surface area contributed by atoms with Gasteiger partial charge in [0.1, 0.15) is 5.76 Å². The molecule has 19 heavy (non-hydrogen) atoms. The van der Waals surface area contributed by atoms with Gasteiger partial charge in [0.15, 0.2) is 0 Å². The number of hydrogen-bond acceptors (Lipinski definition) is 4. The maximum absolute atomic E-state index is 11.1. The molecule has 0 aliphatic heterocycles. The second kappa shape index (κ2) is 6.07. The molecule has 6 heteroatoms. The van der Waals surface area contributed by atoms with Gasteiger partial charge >= 0.3 is 0 Å². The van der Waals surface area contributed by atoms with Crippen molar-refractivity contribution in [3.63, 3.8) is 0 Å². The molecule has 1 aliphatic carbocycles. The summed E-state index contributed by atoms with van der Waals surface area (Å²) in [7, 11) is -3.74. The highest BCUT2D eigenvalue weighted by Gasteiger charge is 2.20. The summed E-state index contributed by atoms with van der Waals surface area (Å²) in [5.74, 6) is 1.26. The lowest BCUT2D eigenvalue weighted by Gasteiger charge is -2.22. The number of sulfonamides is 1. The Bertz CT molecular complexity index is 510. The third kappa shape index (κ3) is 4.06. The zero-order chi connectivity index (χ0) is 13.9. The fourth-order valence-corrected chi connectivity index (χ4v) is 3.12. The summed E-state index contributed by atoms with van der Waals surface area (Å²) in [6, 6.07) is 3.54. The standard InChI is InChI=1S/C13H22N2O3S/c1-10-5-3-2-4-6-12(10)15-9-11-7-8-13(18-11)19(14,16)17/h7-8,10,12,15H,2-6,9H2,1H3,(H2,14,16,17). The Morgan fingerprint density at radius 1 is 1.32 bits per heavy atom. The number of nitrogens with two attached hydrogens (primary N) is 1. The van der Waals surface area contributed by atoms with Gasteiger partial charge in [-0.15, -0.1) is 0 Å². The molecule has 0 spiro atoms. The second-order valence-electron chi connectivity index (χ2n) is 5.37. The third-order valence-corrected chi connectivity index (χ3v) is 4.60. The summed E-state index contributed by atoms with van der Waals surface area (Å²) in [6.45, 7) is 2.81. The normalized spacial score (nSPS) is 25.2. The minimum absolute atomic E-state index is 0.168. The van der Waals surface area contributed by atoms with E-state index in [4.69, 9.17) is 9.56 Å². The van der Waals surface area contributed by atoms with E-state index < -0.39 is 10.0 Å². The quantitative estimate of drug-likeness (QED) is 0.829. The molecule has 0 bridgehead atoms. The van der Waals surface area contributed by atoms with Crippen LogP contribution >= 0.6 is 0 Å². The molecular formula is C13H22N2O3S. The van der Waals surface area contributed by atoms with Gasteiger partial charge in [0.2, 0.25) is 5.09 Å². The lowest BCUT2D eigenvalue weighted by Crippen LogP contribution is -2.33. The van der Waals surface area contributed by atoms with Gasteiger partial charge in [-0.05, 0) is 30.9 Å². The number of furan rings is 1. The monoisotopic (exact) mass is 286 g/mol. The fraction of sp³-hybridized carbons (Fsp3) is 0.692. The topological polar surface area (TPSA) is 85.3 Å². The maximum atomic E-state index is 11.1. The molecule has 2 rings (SSSR count). The molecule has 3 N–H and O–H groups in total. The van der Waals surface area contributed by atoms with Crippen molar-refractivity contribution in [2.24, 2.45) is 11.1 Å². The van der Waals surface area contributed by atoms with Crippen LogP contribution in [-0.4, -0.2) is 14.5 Å². The maximum Gasteiger partial charge on any atom is 0.271 e. The van der Waals surface area contributed by atoms with Crippen molar-refractivity contribution in [2.75, 3.05) is 0 Å². The summed E-state index contributed by atoms with van der Waals surface area (Å²) in [5, 5.41) is 8.30. The van der Waals surface area contributed by atoms with E-state index in [0.29, 0.717) is 24.3 Å². The molecule has 1 heterocycles. The Balaban J connectivity index is 1.93. The highest BCUT2D eigenvalue weighted by atomic mass is 32.2. The molecule has 0 aromatic carbocycles. The van der Waals surface area contributed by atoms with Crippen LogP contribution < -0.4 is 10.5 Å². The van der Waals surface area contributed by atoms with Crippen LogP contribution in [0.1, 0.15) is 44.8 Å². The predicted molar refractivity (Wildman–Crippen MR) is 73.0 cm³/mol. The number of hydrogen-bond donors (Lipinski definition) is 2. The first-order chi connectivity index (χ1) is 8.97. The van der Waals surface area contributed by atoms with Crippen molar-refractivity contribution < 1.29 is 12.8 Å². The molecule has 1 fully saturated rings. The molecule has 1 aliphatic rings. The first kappa shape index (κ1) is 14.6. The van der Waals surface area contributed by atoms with Crippen LogP contribution in [0.4, 0.5) is 0 Å². The Kier molecular flexibility index (Phi) is 4.65. The van der Waals surface area contributed by atoms with E-state index in [1.165, 1.54) is 38.2 Å². The number of primary sulfonamides is 1. The summed E-state index contributed by atoms with van der Waals surface area (Å²) in [5.41, 5.74) is 0. The van der Waals surface area contributed by atoms with E-state index in [9.17, 15) is 8.42 Å². The number of nitrogens with one attached hydrogen (secondary N) is 1. The van der Waals surface area contributed by atoms with Crippen LogP contribution in [0.2, 0.25) is 0 Å². The van der Waals surface area contributed by atoms with Crippen molar-refractivity contribution >= 4 is 10.0 Å². The van der Waals surface area contributed by atoms with E-state index in [2.05, 4.69) is 12.2 Å². The zero-order valence-corrected chi connectivity index (χ0v) is 12.1. The average Bonchev–Trinajstić information content (AvgIpc) is 2.72. The Hall–Kier alpha value is -0.850. The molecule has 108 valence electrons. The van der Waals surface area contributed by atoms with Gasteiger partial charge in [0, 0.05) is 6.04 Å². The van der Waals surface area contributed by atoms with Crippen LogP contribution in [0.15, 0.2) is 21.6 Å². The molecule has 1 saturated carbocycles. The number of rotatable bonds is 4. The first-order valence-corrected chi connectivity index (χ1v) is 8.36. The Morgan fingerprint density at radius 2 is 2.05 bits per heavy atom. The van der Waals surface area contributed by atoms with E-state index in [0.717, 1.165) is 0 Å². The molecule has 1 aromatic heterocycles. The summed E-state index contributed by atoms with van der Waals surface area (Å²) in [4.78, 5) is 0. The van der Waals surface area contributed by atoms with E-state index in [1.807, 2.05) is 0 Å². The molecule has 2 unspecified atom stereocenters. The van der Waals surface area contributed by atoms with E-state index in [1.54, 1.807) is 6.07 Å². The largest absolute Gasteiger partial charge is 0.447 e. The molecule has 0 amide bonds. The lowest BCUT2D eigenvalue weighted by molar-refractivity contribution is 0.330. The van der Waals surface area contributed by atoms with Crippen LogP contribution in [0.25, 0.3) is 0 Å². The van der Waals surface area contributed by atoms with Crippen molar-refractivity contribution in [2.45, 2.75) is 56.7 Å². The zero-order valence-electron chi connectivity index (χ0n) is 11.3. The van der Waals surface area contributed by atoms with Crippen LogP contribution in [-0.2, 0) is 16.6 Å². The molecule has 0 radical (unpaired) electrons. The van der Waals surface area contributed by atoms with Crippen LogP contribution in [0, 0.1) is 5.92 Å². The SMILES string of the molecule is CC1CCCCCC1NCc1ccc(S(N)(=O)=O)o1. The second-order valence-corrected chi connectivity index (χ2v) is 6.86. The lowest BCUT2D eigenvalue weighted by atomic mass is 9.97. The van der Waals surface area contributed by atoms with E-state index >= 15 is 0 Å². The van der Waals surface area contributed by atoms with Crippen molar-refractivity contribution in [3.05, 3.63) is 17.9 Å². The van der Waals surface area contributed by atoms with Gasteiger partial charge in [0.25, 0.3) is 10.0 Å². The smallest absolute Gasteiger partial charge is 0.271 e. The Morgan fingerprint density at radius 3 is 2.74 bits per heavy atom. The van der Waals surface area contributed by atoms with Gasteiger partial charge in [-0.1, -0.05) is 26.2 Å². The van der Waals surface area contributed by atoms with Gasteiger partial charge in [0.05, 0.1) is 6.54 Å². The molecule has 0 saturated heterocycles. The minimum Gasteiger partial charge on any atom is -0.447 e. The van der Waals surface area contributed by atoms with Gasteiger partial charge in [-0.2, -0.15) is 0 Å². The highest BCUT2D eigenvalue weighted by molar-refractivity contribution is 7.89. The van der Waals surface area contributed by atoms with Crippen molar-refractivity contribution in [1.82, 2.24) is 5.32 Å². The molecule has 1 aromatic rings. The first-order valence-electron chi connectivity index (χ1n) is 6.82. The van der Waals surface area contributed by atoms with Crippen LogP contribution in [0.5, 0.6) is 0 Å². The van der Waals surface area contributed by atoms with Gasteiger partial charge < -0.3 is 9.73 Å². The average molecular weight is 286 g/mol. The minimum atomic E-state index is -3.74. The van der Waals surface area contributed by atoms with Crippen LogP contribution in [0.3, 0.4) is 0 Å². The fourth-order valence-electron chi connectivity index (χ4n) is 2.63. The Labute approximate surface area is 114 Å². The van der Waals surface area contributed by atoms with Crippen molar-refractivity contribution in [1.29, 1.82) is 0 Å². The third-order valence-electron chi connectivity index (χ3n) is 3.82. The summed E-state index contributed by atoms with van der Waals surface area (Å²) in [6.07, 6.45) is 6.28. The van der Waals surface area contributed by atoms with E-state index in [-0.39, 0.29) is 5.09 Å². The molecule has 5 nitrogen and oxygen atoms in total. The highest BCUT2D eigenvalue weighted by Crippen LogP contribution is 2.23. The molecule has 2 atom stereocenters. The summed E-state index contributed by atoms with van der Waals surface area (Å²) < 4.78 is 27.5. The van der Waals surface area contributed by atoms with Gasteiger partial charge in [-0.25, -0.2) is 13.6 Å². The predicted octanol–water partition coefficient (Wildman–Crippen LogP) is 1.99. The molecular weight excluding hydrogens is 264 g/mol. The van der Waals surface area contributed by atoms with Gasteiger partial charge in [-0.3, -0.25) is 0 Å². The van der Waals surface area contributed by atoms with Crippen molar-refractivity contribution in [3.8, 4) is 0 Å². The summed E-state index contributed by atoms with van der Waals surface area (Å²) >= 11 is 0.